The van der Waals surface area contributed by atoms with Crippen molar-refractivity contribution >= 4 is 27.3 Å². The van der Waals surface area contributed by atoms with Crippen LogP contribution in [0, 0.1) is 6.92 Å². The van der Waals surface area contributed by atoms with Crippen LogP contribution in [0.25, 0.3) is 10.1 Å². The molecule has 3 nitrogen and oxygen atoms in total. The van der Waals surface area contributed by atoms with E-state index in [0.717, 1.165) is 49.6 Å². The molecule has 0 saturated carbocycles. The lowest BCUT2D eigenvalue weighted by molar-refractivity contribution is 0.0765. The molecule has 4 rings (SSSR count). The van der Waals surface area contributed by atoms with E-state index in [1.807, 2.05) is 17.0 Å². The fourth-order valence-corrected chi connectivity index (χ4v) is 4.87. The van der Waals surface area contributed by atoms with E-state index >= 15 is 0 Å². The molecule has 1 amide bonds. The number of amides is 1. The lowest BCUT2D eigenvalue weighted by Gasteiger charge is -2.22. The van der Waals surface area contributed by atoms with E-state index in [2.05, 4.69) is 54.3 Å². The van der Waals surface area contributed by atoms with Gasteiger partial charge in [-0.15, -0.1) is 11.3 Å². The molecule has 4 heteroatoms. The minimum atomic E-state index is 0.199. The fraction of sp³-hybridized carbons (Fsp3) is 0.318. The maximum atomic E-state index is 13.1. The third-order valence-corrected chi connectivity index (χ3v) is 6.42. The highest BCUT2D eigenvalue weighted by Gasteiger charge is 2.23. The number of thiophene rings is 1. The van der Waals surface area contributed by atoms with E-state index in [1.54, 1.807) is 11.3 Å². The number of benzene rings is 2. The van der Waals surface area contributed by atoms with Crippen LogP contribution in [0.15, 0.2) is 54.6 Å². The molecule has 1 fully saturated rings. The predicted octanol–water partition coefficient (Wildman–Crippen LogP) is 4.56. The maximum absolute atomic E-state index is 13.1. The topological polar surface area (TPSA) is 23.6 Å². The van der Waals surface area contributed by atoms with Crippen LogP contribution in [0.5, 0.6) is 0 Å². The number of hydrogen-bond acceptors (Lipinski definition) is 3. The molecule has 0 bridgehead atoms. The maximum Gasteiger partial charge on any atom is 0.264 e. The van der Waals surface area contributed by atoms with Crippen LogP contribution in [0.1, 0.15) is 27.2 Å². The number of fused-ring (bicyclic) bond motifs is 1. The highest BCUT2D eigenvalue weighted by atomic mass is 32.1. The van der Waals surface area contributed by atoms with E-state index < -0.39 is 0 Å². The van der Waals surface area contributed by atoms with Crippen molar-refractivity contribution in [2.24, 2.45) is 0 Å². The second kappa shape index (κ2) is 7.60. The first-order chi connectivity index (χ1) is 12.7. The Bertz CT molecular complexity index is 903. The molecule has 0 N–H and O–H groups in total. The minimum Gasteiger partial charge on any atom is -0.337 e. The van der Waals surface area contributed by atoms with Gasteiger partial charge in [-0.2, -0.15) is 0 Å². The zero-order valence-corrected chi connectivity index (χ0v) is 16.0. The molecule has 0 unspecified atom stereocenters. The molecule has 1 saturated heterocycles. The molecule has 26 heavy (non-hydrogen) atoms. The Balaban J connectivity index is 1.46. The average molecular weight is 365 g/mol. The van der Waals surface area contributed by atoms with E-state index in [0.29, 0.717) is 0 Å². The van der Waals surface area contributed by atoms with Crippen molar-refractivity contribution in [1.82, 2.24) is 9.80 Å². The summed E-state index contributed by atoms with van der Waals surface area (Å²) in [4.78, 5) is 18.5. The molecule has 0 radical (unpaired) electrons. The lowest BCUT2D eigenvalue weighted by Crippen LogP contribution is -2.35. The van der Waals surface area contributed by atoms with Crippen molar-refractivity contribution in [1.29, 1.82) is 0 Å². The lowest BCUT2D eigenvalue weighted by atomic mass is 10.1. The summed E-state index contributed by atoms with van der Waals surface area (Å²) < 4.78 is 1.20. The van der Waals surface area contributed by atoms with Crippen molar-refractivity contribution in [3.63, 3.8) is 0 Å². The number of carbonyl (C=O) groups excluding carboxylic acids is 1. The van der Waals surface area contributed by atoms with Crippen LogP contribution in [0.3, 0.4) is 0 Å². The van der Waals surface area contributed by atoms with Gasteiger partial charge in [0.2, 0.25) is 0 Å². The number of aryl methyl sites for hydroxylation is 1. The zero-order valence-electron chi connectivity index (χ0n) is 15.1. The molecule has 3 aromatic rings. The largest absolute Gasteiger partial charge is 0.337 e. The van der Waals surface area contributed by atoms with Gasteiger partial charge >= 0.3 is 0 Å². The molecule has 134 valence electrons. The molecule has 1 aromatic heterocycles. The third kappa shape index (κ3) is 3.53. The molecular weight excluding hydrogens is 340 g/mol. The summed E-state index contributed by atoms with van der Waals surface area (Å²) in [5.41, 5.74) is 2.47. The van der Waals surface area contributed by atoms with Crippen LogP contribution in [-0.2, 0) is 6.54 Å². The minimum absolute atomic E-state index is 0.199. The SMILES string of the molecule is Cc1c(C(=O)N2CCCN(Cc3ccccc3)CC2)sc2ccccc12. The summed E-state index contributed by atoms with van der Waals surface area (Å²) >= 11 is 1.63. The van der Waals surface area contributed by atoms with Crippen molar-refractivity contribution in [2.75, 3.05) is 26.2 Å². The summed E-state index contributed by atoms with van der Waals surface area (Å²) in [7, 11) is 0. The van der Waals surface area contributed by atoms with E-state index in [-0.39, 0.29) is 5.91 Å². The van der Waals surface area contributed by atoms with Gasteiger partial charge in [0.05, 0.1) is 4.88 Å². The Labute approximate surface area is 158 Å². The Morgan fingerprint density at radius 2 is 1.73 bits per heavy atom. The summed E-state index contributed by atoms with van der Waals surface area (Å²) in [6.07, 6.45) is 1.03. The van der Waals surface area contributed by atoms with Gasteiger partial charge in [-0.3, -0.25) is 9.69 Å². The highest BCUT2D eigenvalue weighted by Crippen LogP contribution is 2.31. The standard InChI is InChI=1S/C22H24N2OS/c1-17-19-10-5-6-11-20(19)26-21(17)22(25)24-13-7-12-23(14-15-24)16-18-8-3-2-4-9-18/h2-6,8-11H,7,12-16H2,1H3. The van der Waals surface area contributed by atoms with Crippen molar-refractivity contribution in [2.45, 2.75) is 19.9 Å². The quantitative estimate of drug-likeness (QED) is 0.680. The Morgan fingerprint density at radius 1 is 0.962 bits per heavy atom. The van der Waals surface area contributed by atoms with Crippen LogP contribution in [0.2, 0.25) is 0 Å². The third-order valence-electron chi connectivity index (χ3n) is 5.16. The molecule has 0 atom stereocenters. The van der Waals surface area contributed by atoms with Gasteiger partial charge in [-0.25, -0.2) is 0 Å². The van der Waals surface area contributed by atoms with Gasteiger partial charge in [-0.1, -0.05) is 48.5 Å². The molecular formula is C22H24N2OS. The van der Waals surface area contributed by atoms with Gasteiger partial charge in [0.1, 0.15) is 0 Å². The summed E-state index contributed by atoms with van der Waals surface area (Å²) in [5, 5.41) is 1.21. The second-order valence-corrected chi connectivity index (χ2v) is 8.01. The molecule has 0 aliphatic carbocycles. The van der Waals surface area contributed by atoms with E-state index in [9.17, 15) is 4.79 Å². The predicted molar refractivity (Wildman–Crippen MR) is 109 cm³/mol. The Morgan fingerprint density at radius 3 is 2.54 bits per heavy atom. The van der Waals surface area contributed by atoms with Gasteiger partial charge < -0.3 is 4.90 Å². The average Bonchev–Trinajstić information content (AvgIpc) is 2.85. The molecule has 0 spiro atoms. The summed E-state index contributed by atoms with van der Waals surface area (Å²) in [6, 6.07) is 18.9. The number of rotatable bonds is 3. The number of nitrogens with zero attached hydrogens (tertiary/aromatic N) is 2. The fourth-order valence-electron chi connectivity index (χ4n) is 3.70. The van der Waals surface area contributed by atoms with Gasteiger partial charge in [0.15, 0.2) is 0 Å². The normalized spacial score (nSPS) is 16.0. The first-order valence-corrected chi connectivity index (χ1v) is 10.1. The smallest absolute Gasteiger partial charge is 0.264 e. The van der Waals surface area contributed by atoms with E-state index in [1.165, 1.54) is 15.6 Å². The van der Waals surface area contributed by atoms with Crippen LogP contribution in [0.4, 0.5) is 0 Å². The molecule has 2 aromatic carbocycles. The second-order valence-electron chi connectivity index (χ2n) is 6.96. The monoisotopic (exact) mass is 364 g/mol. The summed E-state index contributed by atoms with van der Waals surface area (Å²) in [5.74, 6) is 0.199. The Kier molecular flexibility index (Phi) is 5.05. The first-order valence-electron chi connectivity index (χ1n) is 9.26. The molecule has 1 aliphatic heterocycles. The van der Waals surface area contributed by atoms with Crippen molar-refractivity contribution in [3.05, 3.63) is 70.6 Å². The summed E-state index contributed by atoms with van der Waals surface area (Å²) in [6.45, 7) is 6.67. The number of hydrogen-bond donors (Lipinski definition) is 0. The molecule has 1 aliphatic rings. The van der Waals surface area contributed by atoms with Gasteiger partial charge in [0.25, 0.3) is 5.91 Å². The van der Waals surface area contributed by atoms with Crippen molar-refractivity contribution < 1.29 is 4.79 Å². The van der Waals surface area contributed by atoms with Crippen LogP contribution in [-0.4, -0.2) is 41.9 Å². The van der Waals surface area contributed by atoms with Crippen molar-refractivity contribution in [3.8, 4) is 0 Å². The Hall–Kier alpha value is -2.17. The first kappa shape index (κ1) is 17.3. The van der Waals surface area contributed by atoms with E-state index in [4.69, 9.17) is 0 Å². The highest BCUT2D eigenvalue weighted by molar-refractivity contribution is 7.21. The van der Waals surface area contributed by atoms with Crippen LogP contribution >= 0.6 is 11.3 Å². The zero-order chi connectivity index (χ0) is 17.9. The van der Waals surface area contributed by atoms with Crippen LogP contribution < -0.4 is 0 Å². The van der Waals surface area contributed by atoms with Gasteiger partial charge in [-0.05, 0) is 35.9 Å². The van der Waals surface area contributed by atoms with Gasteiger partial charge in [0, 0.05) is 37.4 Å². The number of carbonyl (C=O) groups is 1. The molecule has 2 heterocycles.